The second-order valence-electron chi connectivity index (χ2n) is 5.16. The monoisotopic (exact) mass is 348 g/mol. The summed E-state index contributed by atoms with van der Waals surface area (Å²) in [6, 6.07) is 10.3. The van der Waals surface area contributed by atoms with Crippen LogP contribution in [0.15, 0.2) is 47.5 Å². The molecule has 24 heavy (non-hydrogen) atoms. The summed E-state index contributed by atoms with van der Waals surface area (Å²) in [6.45, 7) is 1.96. The number of hydrogen-bond acceptors (Lipinski definition) is 5. The Morgan fingerprint density at radius 3 is 2.46 bits per heavy atom. The lowest BCUT2D eigenvalue weighted by Crippen LogP contribution is -2.27. The van der Waals surface area contributed by atoms with Gasteiger partial charge in [-0.05, 0) is 31.2 Å². The second kappa shape index (κ2) is 8.56. The van der Waals surface area contributed by atoms with E-state index in [2.05, 4.69) is 9.71 Å². The summed E-state index contributed by atoms with van der Waals surface area (Å²) in [5.41, 5.74) is 1.67. The van der Waals surface area contributed by atoms with Crippen molar-refractivity contribution in [3.05, 3.63) is 53.9 Å². The Kier molecular flexibility index (Phi) is 6.45. The number of esters is 1. The molecule has 2 rings (SSSR count). The minimum Gasteiger partial charge on any atom is -0.495 e. The number of aryl methyl sites for hydroxylation is 1. The molecule has 0 spiro atoms. The maximum atomic E-state index is 12.5. The smallest absolute Gasteiger partial charge is 0.307 e. The molecule has 1 N–H and O–H groups in total. The van der Waals surface area contributed by atoms with Crippen LogP contribution in [0, 0.1) is 6.92 Å². The van der Waals surface area contributed by atoms with E-state index < -0.39 is 23.0 Å². The summed E-state index contributed by atoms with van der Waals surface area (Å²) < 4.78 is 25.3. The average molecular weight is 348 g/mol. The fourth-order valence-electron chi connectivity index (χ4n) is 2.03. The van der Waals surface area contributed by atoms with Crippen LogP contribution >= 0.6 is 0 Å². The summed E-state index contributed by atoms with van der Waals surface area (Å²) >= 11 is 0. The molecule has 0 amide bonds. The molecular weight excluding hydrogens is 328 g/mol. The summed E-state index contributed by atoms with van der Waals surface area (Å²) in [6.07, 6.45) is 1.57. The van der Waals surface area contributed by atoms with Gasteiger partial charge < -0.3 is 9.47 Å². The average Bonchev–Trinajstić information content (AvgIpc) is 2.61. The lowest BCUT2D eigenvalue weighted by Gasteiger charge is -2.17. The summed E-state index contributed by atoms with van der Waals surface area (Å²) in [4.78, 5) is 16.6. The Labute approximate surface area is 143 Å². The van der Waals surface area contributed by atoms with Crippen LogP contribution in [0.4, 0.5) is 0 Å². The lowest BCUT2D eigenvalue weighted by atomic mass is 10.1. The van der Waals surface area contributed by atoms with Gasteiger partial charge in [-0.2, -0.15) is 0 Å². The van der Waals surface area contributed by atoms with Gasteiger partial charge in [-0.25, -0.2) is 8.93 Å². The van der Waals surface area contributed by atoms with Crippen molar-refractivity contribution in [1.29, 1.82) is 0 Å². The molecule has 1 heterocycles. The van der Waals surface area contributed by atoms with Gasteiger partial charge >= 0.3 is 5.97 Å². The van der Waals surface area contributed by atoms with E-state index in [-0.39, 0.29) is 6.42 Å². The van der Waals surface area contributed by atoms with Gasteiger partial charge in [0.05, 0.1) is 43.5 Å². The third kappa shape index (κ3) is 4.87. The van der Waals surface area contributed by atoms with Crippen LogP contribution < -0.4 is 9.46 Å². The zero-order valence-electron chi connectivity index (χ0n) is 13.8. The number of rotatable bonds is 7. The zero-order chi connectivity index (χ0) is 17.5. The number of nitrogens with zero attached hydrogens (tertiary/aromatic N) is 1. The Balaban J connectivity index is 2.19. The molecule has 0 saturated carbocycles. The van der Waals surface area contributed by atoms with Gasteiger partial charge in [-0.15, -0.1) is 0 Å². The van der Waals surface area contributed by atoms with Crippen LogP contribution in [0.2, 0.25) is 0 Å². The number of methoxy groups -OCH3 is 2. The van der Waals surface area contributed by atoms with E-state index in [0.717, 1.165) is 5.56 Å². The highest BCUT2D eigenvalue weighted by atomic mass is 32.2. The fraction of sp³-hybridized carbons (Fsp3) is 0.294. The van der Waals surface area contributed by atoms with E-state index in [1.165, 1.54) is 7.11 Å². The first-order chi connectivity index (χ1) is 11.5. The summed E-state index contributed by atoms with van der Waals surface area (Å²) in [7, 11) is 1.39. The first-order valence-electron chi connectivity index (χ1n) is 7.35. The molecule has 6 nitrogen and oxygen atoms in total. The van der Waals surface area contributed by atoms with E-state index in [1.54, 1.807) is 37.6 Å². The van der Waals surface area contributed by atoms with Crippen LogP contribution in [-0.2, 0) is 20.5 Å². The van der Waals surface area contributed by atoms with Crippen molar-refractivity contribution in [3.8, 4) is 5.75 Å². The zero-order valence-corrected chi connectivity index (χ0v) is 14.6. The molecule has 1 aromatic carbocycles. The number of pyridine rings is 1. The molecule has 2 aromatic rings. The highest BCUT2D eigenvalue weighted by Crippen LogP contribution is 2.20. The number of carbonyl (C=O) groups excluding carboxylic acids is 1. The van der Waals surface area contributed by atoms with Gasteiger partial charge in [-0.1, -0.05) is 17.7 Å². The largest absolute Gasteiger partial charge is 0.495 e. The minimum atomic E-state index is -1.48. The van der Waals surface area contributed by atoms with Crippen molar-refractivity contribution in [2.45, 2.75) is 24.3 Å². The standard InChI is InChI=1S/C17H20N2O4S/c1-12-4-7-14(8-5-12)24(21)19-16(10-17(20)23-3)15-9-6-13(22-2)11-18-15/h4-9,11,16,19H,10H2,1-3H3/t16-,24?/m1/s1. The van der Waals surface area contributed by atoms with Gasteiger partial charge in [0.1, 0.15) is 16.7 Å². The molecule has 0 aliphatic heterocycles. The van der Waals surface area contributed by atoms with Crippen molar-refractivity contribution in [3.63, 3.8) is 0 Å². The van der Waals surface area contributed by atoms with Crippen LogP contribution in [0.1, 0.15) is 23.7 Å². The second-order valence-corrected chi connectivity index (χ2v) is 6.40. The number of ether oxygens (including phenoxy) is 2. The van der Waals surface area contributed by atoms with Gasteiger partial charge in [0.2, 0.25) is 0 Å². The molecule has 1 aromatic heterocycles. The van der Waals surface area contributed by atoms with E-state index in [1.807, 2.05) is 19.1 Å². The summed E-state index contributed by atoms with van der Waals surface area (Å²) in [5, 5.41) is 0. The maximum absolute atomic E-state index is 12.5. The number of hydrogen-bond donors (Lipinski definition) is 1. The predicted molar refractivity (Wildman–Crippen MR) is 90.9 cm³/mol. The Bertz CT molecular complexity index is 702. The number of nitrogens with one attached hydrogen (secondary N) is 1. The van der Waals surface area contributed by atoms with E-state index in [0.29, 0.717) is 16.3 Å². The molecule has 0 fully saturated rings. The van der Waals surface area contributed by atoms with Gasteiger partial charge in [0, 0.05) is 0 Å². The molecular formula is C17H20N2O4S. The molecule has 128 valence electrons. The quantitative estimate of drug-likeness (QED) is 0.777. The summed E-state index contributed by atoms with van der Waals surface area (Å²) in [5.74, 6) is 0.196. The van der Waals surface area contributed by atoms with Crippen molar-refractivity contribution in [1.82, 2.24) is 9.71 Å². The molecule has 0 aliphatic rings. The molecule has 1 unspecified atom stereocenters. The van der Waals surface area contributed by atoms with Crippen molar-refractivity contribution in [2.75, 3.05) is 14.2 Å². The highest BCUT2D eigenvalue weighted by molar-refractivity contribution is 7.83. The SMILES string of the molecule is COC(=O)C[C@@H](NS(=O)c1ccc(C)cc1)c1ccc(OC)cn1. The fourth-order valence-corrected chi connectivity index (χ4v) is 3.02. The molecule has 7 heteroatoms. The first kappa shape index (κ1) is 18.1. The third-order valence-electron chi connectivity index (χ3n) is 3.43. The number of aromatic nitrogens is 1. The van der Waals surface area contributed by atoms with Crippen LogP contribution in [0.5, 0.6) is 5.75 Å². The van der Waals surface area contributed by atoms with Gasteiger partial charge in [0.15, 0.2) is 0 Å². The maximum Gasteiger partial charge on any atom is 0.307 e. The predicted octanol–water partition coefficient (Wildman–Crippen LogP) is 2.32. The number of benzene rings is 1. The Morgan fingerprint density at radius 2 is 1.92 bits per heavy atom. The molecule has 0 bridgehead atoms. The minimum absolute atomic E-state index is 0.0213. The van der Waals surface area contributed by atoms with Gasteiger partial charge in [0.25, 0.3) is 0 Å². The van der Waals surface area contributed by atoms with Crippen LogP contribution in [-0.4, -0.2) is 29.4 Å². The normalized spacial score (nSPS) is 13.1. The van der Waals surface area contributed by atoms with Crippen LogP contribution in [0.3, 0.4) is 0 Å². The topological polar surface area (TPSA) is 77.5 Å². The first-order valence-corrected chi connectivity index (χ1v) is 8.50. The molecule has 0 aliphatic carbocycles. The highest BCUT2D eigenvalue weighted by Gasteiger charge is 2.20. The van der Waals surface area contributed by atoms with Gasteiger partial charge in [-0.3, -0.25) is 9.78 Å². The van der Waals surface area contributed by atoms with E-state index >= 15 is 0 Å². The third-order valence-corrected chi connectivity index (χ3v) is 4.63. The van der Waals surface area contributed by atoms with E-state index in [4.69, 9.17) is 9.47 Å². The molecule has 0 radical (unpaired) electrons. The van der Waals surface area contributed by atoms with Crippen molar-refractivity contribution in [2.24, 2.45) is 0 Å². The van der Waals surface area contributed by atoms with Crippen LogP contribution in [0.25, 0.3) is 0 Å². The van der Waals surface area contributed by atoms with Crippen molar-refractivity contribution >= 4 is 17.0 Å². The Hall–Kier alpha value is -2.25. The molecule has 0 saturated heterocycles. The number of carbonyl (C=O) groups is 1. The Morgan fingerprint density at radius 1 is 1.21 bits per heavy atom. The van der Waals surface area contributed by atoms with E-state index in [9.17, 15) is 9.00 Å². The lowest BCUT2D eigenvalue weighted by molar-refractivity contribution is -0.141. The van der Waals surface area contributed by atoms with Crippen molar-refractivity contribution < 1.29 is 18.5 Å². The molecule has 2 atom stereocenters.